The molecule has 30 heavy (non-hydrogen) atoms. The van der Waals surface area contributed by atoms with Gasteiger partial charge in [0, 0.05) is 18.2 Å². The molecule has 3 heterocycles. The molecule has 0 bridgehead atoms. The van der Waals surface area contributed by atoms with E-state index in [1.165, 1.54) is 24.3 Å². The van der Waals surface area contributed by atoms with Gasteiger partial charge in [-0.15, -0.1) is 0 Å². The van der Waals surface area contributed by atoms with Crippen LogP contribution < -0.4 is 14.9 Å². The number of aryl methyl sites for hydroxylation is 1. The minimum Gasteiger partial charge on any atom is -0.460 e. The lowest BCUT2D eigenvalue weighted by atomic mass is 9.98. The molecule has 1 atom stereocenters. The first-order valence-electron chi connectivity index (χ1n) is 10.5. The third-order valence-electron chi connectivity index (χ3n) is 5.56. The molecule has 6 heteroatoms. The first-order valence-corrected chi connectivity index (χ1v) is 10.5. The van der Waals surface area contributed by atoms with E-state index in [-0.39, 0.29) is 18.5 Å². The highest BCUT2D eigenvalue weighted by Crippen LogP contribution is 2.46. The van der Waals surface area contributed by atoms with E-state index in [4.69, 9.17) is 23.4 Å². The Morgan fingerprint density at radius 2 is 2.00 bits per heavy atom. The summed E-state index contributed by atoms with van der Waals surface area (Å²) in [5, 5.41) is 0.489. The van der Waals surface area contributed by atoms with E-state index in [1.807, 2.05) is 18.2 Å². The van der Waals surface area contributed by atoms with Gasteiger partial charge in [0.25, 0.3) is 0 Å². The number of rotatable bonds is 6. The molecule has 156 valence electrons. The van der Waals surface area contributed by atoms with Crippen LogP contribution in [-0.4, -0.2) is 26.3 Å². The van der Waals surface area contributed by atoms with Gasteiger partial charge in [0.2, 0.25) is 12.5 Å². The molecule has 6 nitrogen and oxygen atoms in total. The summed E-state index contributed by atoms with van der Waals surface area (Å²) >= 11 is 0. The number of hydrogen-bond acceptors (Lipinski definition) is 6. The van der Waals surface area contributed by atoms with E-state index in [1.54, 1.807) is 0 Å². The molecule has 0 saturated carbocycles. The summed E-state index contributed by atoms with van der Waals surface area (Å²) in [5.41, 5.74) is 3.35. The molecular formula is C24H24O6. The highest BCUT2D eigenvalue weighted by molar-refractivity contribution is 5.93. The molecule has 0 radical (unpaired) electrons. The smallest absolute Gasteiger partial charge is 0.231 e. The summed E-state index contributed by atoms with van der Waals surface area (Å²) in [6.07, 6.45) is 6.44. The van der Waals surface area contributed by atoms with Crippen molar-refractivity contribution >= 4 is 11.0 Å². The van der Waals surface area contributed by atoms with Crippen LogP contribution in [-0.2, 0) is 15.9 Å². The Bertz CT molecular complexity index is 1100. The molecule has 3 aromatic rings. The van der Waals surface area contributed by atoms with Gasteiger partial charge < -0.3 is 23.4 Å². The maximum absolute atomic E-state index is 12.4. The lowest BCUT2D eigenvalue weighted by Crippen LogP contribution is -2.22. The van der Waals surface area contributed by atoms with Crippen molar-refractivity contribution in [1.29, 1.82) is 0 Å². The van der Waals surface area contributed by atoms with Gasteiger partial charge in [-0.3, -0.25) is 4.79 Å². The zero-order valence-corrected chi connectivity index (χ0v) is 16.7. The predicted molar refractivity (Wildman–Crippen MR) is 112 cm³/mol. The molecule has 1 aromatic heterocycles. The molecule has 1 saturated heterocycles. The van der Waals surface area contributed by atoms with Crippen molar-refractivity contribution < 1.29 is 23.4 Å². The molecule has 0 aliphatic carbocycles. The molecule has 1 unspecified atom stereocenters. The van der Waals surface area contributed by atoms with Crippen molar-refractivity contribution in [3.63, 3.8) is 0 Å². The van der Waals surface area contributed by atoms with E-state index in [0.717, 1.165) is 43.4 Å². The molecule has 2 aliphatic heterocycles. The Morgan fingerprint density at radius 1 is 1.07 bits per heavy atom. The molecular weight excluding hydrogens is 384 g/mol. The summed E-state index contributed by atoms with van der Waals surface area (Å²) in [4.78, 5) is 12.4. The minimum atomic E-state index is -0.103. The average Bonchev–Trinajstić information content (AvgIpc) is 3.28. The van der Waals surface area contributed by atoms with Crippen LogP contribution in [0.1, 0.15) is 31.2 Å². The van der Waals surface area contributed by atoms with Gasteiger partial charge in [0.1, 0.15) is 0 Å². The Morgan fingerprint density at radius 3 is 2.90 bits per heavy atom. The maximum Gasteiger partial charge on any atom is 0.231 e. The van der Waals surface area contributed by atoms with E-state index in [9.17, 15) is 4.79 Å². The van der Waals surface area contributed by atoms with Crippen LogP contribution in [0.3, 0.4) is 0 Å². The minimum absolute atomic E-state index is 0.0471. The van der Waals surface area contributed by atoms with Crippen molar-refractivity contribution in [1.82, 2.24) is 0 Å². The molecule has 1 fully saturated rings. The molecule has 0 amide bonds. The Hall–Kier alpha value is -2.83. The lowest BCUT2D eigenvalue weighted by Gasteiger charge is -2.22. The van der Waals surface area contributed by atoms with E-state index in [0.29, 0.717) is 29.1 Å². The van der Waals surface area contributed by atoms with E-state index >= 15 is 0 Å². The van der Waals surface area contributed by atoms with Crippen LogP contribution in [0.4, 0.5) is 0 Å². The molecule has 0 spiro atoms. The van der Waals surface area contributed by atoms with E-state index < -0.39 is 0 Å². The van der Waals surface area contributed by atoms with E-state index in [2.05, 4.69) is 12.1 Å². The van der Waals surface area contributed by atoms with Gasteiger partial charge in [0.05, 0.1) is 18.3 Å². The quantitative estimate of drug-likeness (QED) is 0.553. The SMILES string of the molecule is O=c1ccoc2c3c(c(-c4cccc(CCCOC5CCCCO5)c4)cc12)OCO3. The van der Waals surface area contributed by atoms with Crippen molar-refractivity contribution in [3.8, 4) is 22.6 Å². The fraction of sp³-hybridized carbons (Fsp3) is 0.375. The Labute approximate surface area is 174 Å². The first kappa shape index (κ1) is 19.2. The van der Waals surface area contributed by atoms with Crippen LogP contribution in [0.5, 0.6) is 11.5 Å². The average molecular weight is 408 g/mol. The standard InChI is InChI=1S/C24H24O6/c25-20-9-12-28-23-19(20)14-18(22-24(23)30-15-29-22)17-7-3-5-16(13-17)6-4-11-27-21-8-1-2-10-26-21/h3,5,7,9,12-14,21H,1-2,4,6,8,10-11,15H2. The fourth-order valence-electron chi connectivity index (χ4n) is 4.04. The topological polar surface area (TPSA) is 67.1 Å². The molecule has 2 aliphatic rings. The second kappa shape index (κ2) is 8.50. The zero-order chi connectivity index (χ0) is 20.3. The number of ether oxygens (including phenoxy) is 4. The van der Waals surface area contributed by atoms with Gasteiger partial charge in [-0.25, -0.2) is 0 Å². The second-order valence-corrected chi connectivity index (χ2v) is 7.62. The zero-order valence-electron chi connectivity index (χ0n) is 16.7. The number of hydrogen-bond donors (Lipinski definition) is 0. The van der Waals surface area contributed by atoms with Crippen molar-refractivity contribution in [3.05, 3.63) is 58.4 Å². The van der Waals surface area contributed by atoms with Gasteiger partial charge in [0.15, 0.2) is 23.1 Å². The molecule has 0 N–H and O–H groups in total. The van der Waals surface area contributed by atoms with Gasteiger partial charge >= 0.3 is 0 Å². The third-order valence-corrected chi connectivity index (χ3v) is 5.56. The Balaban J connectivity index is 1.36. The van der Waals surface area contributed by atoms with Crippen molar-refractivity contribution in [2.75, 3.05) is 20.0 Å². The normalized spacial score (nSPS) is 18.1. The van der Waals surface area contributed by atoms with Crippen LogP contribution >= 0.6 is 0 Å². The summed E-state index contributed by atoms with van der Waals surface area (Å²) in [5.74, 6) is 1.11. The maximum atomic E-state index is 12.4. The van der Waals surface area contributed by atoms with Crippen LogP contribution in [0.15, 0.2) is 51.9 Å². The molecule has 2 aromatic carbocycles. The van der Waals surface area contributed by atoms with Gasteiger partial charge in [-0.1, -0.05) is 24.3 Å². The van der Waals surface area contributed by atoms with Crippen LogP contribution in [0.2, 0.25) is 0 Å². The van der Waals surface area contributed by atoms with Gasteiger partial charge in [-0.05, 0) is 49.3 Å². The van der Waals surface area contributed by atoms with Crippen molar-refractivity contribution in [2.45, 2.75) is 38.4 Å². The number of fused-ring (bicyclic) bond motifs is 3. The summed E-state index contributed by atoms with van der Waals surface area (Å²) in [7, 11) is 0. The second-order valence-electron chi connectivity index (χ2n) is 7.62. The predicted octanol–water partition coefficient (Wildman–Crippen LogP) is 4.66. The lowest BCUT2D eigenvalue weighted by molar-refractivity contribution is -0.162. The Kier molecular flexibility index (Phi) is 5.43. The third kappa shape index (κ3) is 3.80. The van der Waals surface area contributed by atoms with Crippen molar-refractivity contribution in [2.24, 2.45) is 0 Å². The highest BCUT2D eigenvalue weighted by Gasteiger charge is 2.25. The van der Waals surface area contributed by atoms with Crippen LogP contribution in [0.25, 0.3) is 22.1 Å². The number of benzene rings is 2. The van der Waals surface area contributed by atoms with Gasteiger partial charge in [-0.2, -0.15) is 0 Å². The highest BCUT2D eigenvalue weighted by atomic mass is 16.7. The summed E-state index contributed by atoms with van der Waals surface area (Å²) < 4.78 is 28.3. The molecule has 5 rings (SSSR count). The first-order chi connectivity index (χ1) is 14.8. The largest absolute Gasteiger partial charge is 0.460 e. The fourth-order valence-corrected chi connectivity index (χ4v) is 4.04. The summed E-state index contributed by atoms with van der Waals surface area (Å²) in [6, 6.07) is 11.5. The van der Waals surface area contributed by atoms with Crippen LogP contribution in [0, 0.1) is 0 Å². The monoisotopic (exact) mass is 408 g/mol. The summed E-state index contributed by atoms with van der Waals surface area (Å²) in [6.45, 7) is 1.59.